The van der Waals surface area contributed by atoms with Gasteiger partial charge in [-0.2, -0.15) is 5.26 Å². The van der Waals surface area contributed by atoms with Crippen molar-refractivity contribution in [2.75, 3.05) is 5.73 Å². The van der Waals surface area contributed by atoms with Gasteiger partial charge in [0, 0.05) is 0 Å². The van der Waals surface area contributed by atoms with Crippen LogP contribution in [0.5, 0.6) is 5.75 Å². The molecule has 1 amide bonds. The van der Waals surface area contributed by atoms with Crippen molar-refractivity contribution >= 4 is 11.6 Å². The number of amides is 1. The van der Waals surface area contributed by atoms with Crippen LogP contribution in [0.2, 0.25) is 0 Å². The highest BCUT2D eigenvalue weighted by molar-refractivity contribution is 5.98. The quantitative estimate of drug-likeness (QED) is 0.594. The first-order valence-electron chi connectivity index (χ1n) is 6.41. The molecule has 0 radical (unpaired) electrons. The lowest BCUT2D eigenvalue weighted by atomic mass is 10.1. The normalized spacial score (nSPS) is 11.4. The van der Waals surface area contributed by atoms with Crippen molar-refractivity contribution in [1.29, 1.82) is 5.26 Å². The number of phenolic OH excluding ortho intramolecular Hbond substituents is 1. The smallest absolute Gasteiger partial charge is 0.255 e. The number of nitrogens with zero attached hydrogens (tertiary/aromatic N) is 1. The lowest BCUT2D eigenvalue weighted by Gasteiger charge is -2.15. The van der Waals surface area contributed by atoms with Crippen molar-refractivity contribution in [1.82, 2.24) is 5.32 Å². The summed E-state index contributed by atoms with van der Waals surface area (Å²) in [5, 5.41) is 21.3. The second-order valence-corrected chi connectivity index (χ2v) is 4.67. The molecule has 106 valence electrons. The minimum Gasteiger partial charge on any atom is -0.505 e. The van der Waals surface area contributed by atoms with E-state index in [-0.39, 0.29) is 23.0 Å². The van der Waals surface area contributed by atoms with E-state index in [4.69, 9.17) is 11.0 Å². The van der Waals surface area contributed by atoms with E-state index in [9.17, 15) is 9.90 Å². The molecule has 21 heavy (non-hydrogen) atoms. The molecule has 5 nitrogen and oxygen atoms in total. The molecule has 0 heterocycles. The molecule has 2 aromatic carbocycles. The third kappa shape index (κ3) is 3.12. The molecule has 2 aromatic rings. The van der Waals surface area contributed by atoms with Gasteiger partial charge in [0.15, 0.2) is 5.75 Å². The number of nitrogens with one attached hydrogen (secondary N) is 1. The molecule has 0 spiro atoms. The van der Waals surface area contributed by atoms with E-state index in [0.29, 0.717) is 5.56 Å². The number of phenols is 1. The summed E-state index contributed by atoms with van der Waals surface area (Å²) in [6.07, 6.45) is 0. The van der Waals surface area contributed by atoms with Gasteiger partial charge in [-0.25, -0.2) is 0 Å². The number of rotatable bonds is 3. The van der Waals surface area contributed by atoms with Gasteiger partial charge in [-0.1, -0.05) is 18.2 Å². The van der Waals surface area contributed by atoms with Gasteiger partial charge in [0.1, 0.15) is 0 Å². The number of carbonyl (C=O) groups is 1. The second-order valence-electron chi connectivity index (χ2n) is 4.67. The summed E-state index contributed by atoms with van der Waals surface area (Å²) in [6, 6.07) is 13.4. The number of benzene rings is 2. The van der Waals surface area contributed by atoms with Gasteiger partial charge in [0.2, 0.25) is 0 Å². The van der Waals surface area contributed by atoms with E-state index in [1.807, 2.05) is 13.0 Å². The van der Waals surface area contributed by atoms with Gasteiger partial charge in [-0.15, -0.1) is 0 Å². The molecular formula is C16H15N3O2. The SMILES string of the molecule is CC(NC(=O)c1cccc(N)c1O)c1ccc(C#N)cc1. The Kier molecular flexibility index (Phi) is 4.10. The van der Waals surface area contributed by atoms with Crippen molar-refractivity contribution < 1.29 is 9.90 Å². The van der Waals surface area contributed by atoms with Gasteiger partial charge < -0.3 is 16.2 Å². The Balaban J connectivity index is 2.15. The molecule has 0 aliphatic carbocycles. The fraction of sp³-hybridized carbons (Fsp3) is 0.125. The van der Waals surface area contributed by atoms with Crippen LogP contribution in [0.15, 0.2) is 42.5 Å². The minimum absolute atomic E-state index is 0.135. The van der Waals surface area contributed by atoms with Gasteiger partial charge in [0.05, 0.1) is 28.9 Å². The van der Waals surface area contributed by atoms with Crippen molar-refractivity contribution in [3.63, 3.8) is 0 Å². The lowest BCUT2D eigenvalue weighted by Crippen LogP contribution is -2.26. The van der Waals surface area contributed by atoms with E-state index >= 15 is 0 Å². The molecule has 4 N–H and O–H groups in total. The summed E-state index contributed by atoms with van der Waals surface area (Å²) in [5.74, 6) is -0.626. The molecular weight excluding hydrogens is 266 g/mol. The first-order valence-corrected chi connectivity index (χ1v) is 6.41. The Morgan fingerprint density at radius 2 is 1.95 bits per heavy atom. The predicted octanol–water partition coefficient (Wildman–Crippen LogP) is 2.34. The van der Waals surface area contributed by atoms with Gasteiger partial charge >= 0.3 is 0 Å². The van der Waals surface area contributed by atoms with Crippen molar-refractivity contribution in [2.45, 2.75) is 13.0 Å². The van der Waals surface area contributed by atoms with Crippen molar-refractivity contribution in [3.05, 3.63) is 59.2 Å². The van der Waals surface area contributed by atoms with Crippen LogP contribution in [-0.4, -0.2) is 11.0 Å². The number of nitrogen functional groups attached to an aromatic ring is 1. The predicted molar refractivity (Wildman–Crippen MR) is 79.6 cm³/mol. The highest BCUT2D eigenvalue weighted by Gasteiger charge is 2.15. The molecule has 5 heteroatoms. The topological polar surface area (TPSA) is 99.1 Å². The molecule has 0 aliphatic rings. The molecule has 0 fully saturated rings. The molecule has 2 rings (SSSR count). The summed E-state index contributed by atoms with van der Waals surface area (Å²) < 4.78 is 0. The summed E-state index contributed by atoms with van der Waals surface area (Å²) in [7, 11) is 0. The van der Waals surface area contributed by atoms with Gasteiger partial charge in [-0.05, 0) is 36.8 Å². The number of nitriles is 1. The van der Waals surface area contributed by atoms with Gasteiger partial charge in [-0.3, -0.25) is 4.79 Å². The van der Waals surface area contributed by atoms with Crippen LogP contribution >= 0.6 is 0 Å². The zero-order valence-corrected chi connectivity index (χ0v) is 11.5. The van der Waals surface area contributed by atoms with Crippen LogP contribution < -0.4 is 11.1 Å². The van der Waals surface area contributed by atoms with Crippen LogP contribution in [0.4, 0.5) is 5.69 Å². The highest BCUT2D eigenvalue weighted by Crippen LogP contribution is 2.25. The largest absolute Gasteiger partial charge is 0.505 e. The Bertz CT molecular complexity index is 702. The third-order valence-electron chi connectivity index (χ3n) is 3.20. The Labute approximate surface area is 122 Å². The first-order chi connectivity index (χ1) is 10.0. The number of para-hydroxylation sites is 1. The van der Waals surface area contributed by atoms with Crippen LogP contribution in [0.25, 0.3) is 0 Å². The van der Waals surface area contributed by atoms with E-state index < -0.39 is 5.91 Å². The summed E-state index contributed by atoms with van der Waals surface area (Å²) in [4.78, 5) is 12.1. The Morgan fingerprint density at radius 1 is 1.29 bits per heavy atom. The number of aromatic hydroxyl groups is 1. The van der Waals surface area contributed by atoms with Crippen LogP contribution in [0, 0.1) is 11.3 Å². The monoisotopic (exact) mass is 281 g/mol. The number of carbonyl (C=O) groups excluding carboxylic acids is 1. The Hall–Kier alpha value is -3.00. The molecule has 1 atom stereocenters. The summed E-state index contributed by atoms with van der Waals surface area (Å²) in [6.45, 7) is 1.82. The second kappa shape index (κ2) is 5.97. The molecule has 0 saturated carbocycles. The number of nitrogens with two attached hydrogens (primary N) is 1. The lowest BCUT2D eigenvalue weighted by molar-refractivity contribution is 0.0937. The molecule has 0 saturated heterocycles. The van der Waals surface area contributed by atoms with Crippen molar-refractivity contribution in [3.8, 4) is 11.8 Å². The van der Waals surface area contributed by atoms with Crippen LogP contribution in [-0.2, 0) is 0 Å². The van der Waals surface area contributed by atoms with E-state index in [0.717, 1.165) is 5.56 Å². The third-order valence-corrected chi connectivity index (χ3v) is 3.20. The van der Waals surface area contributed by atoms with Crippen molar-refractivity contribution in [2.24, 2.45) is 0 Å². The van der Waals surface area contributed by atoms with Crippen LogP contribution in [0.3, 0.4) is 0 Å². The minimum atomic E-state index is -0.406. The average molecular weight is 281 g/mol. The standard InChI is InChI=1S/C16H15N3O2/c1-10(12-7-5-11(9-17)6-8-12)19-16(21)13-3-2-4-14(18)15(13)20/h2-8,10,20H,18H2,1H3,(H,19,21). The zero-order valence-electron chi connectivity index (χ0n) is 11.5. The molecule has 0 aliphatic heterocycles. The van der Waals surface area contributed by atoms with Gasteiger partial charge in [0.25, 0.3) is 5.91 Å². The fourth-order valence-electron chi connectivity index (χ4n) is 1.95. The maximum atomic E-state index is 12.1. The van der Waals surface area contributed by atoms with Crippen LogP contribution in [0.1, 0.15) is 34.5 Å². The Morgan fingerprint density at radius 3 is 2.57 bits per heavy atom. The molecule has 1 unspecified atom stereocenters. The van der Waals surface area contributed by atoms with E-state index in [2.05, 4.69) is 5.32 Å². The first kappa shape index (κ1) is 14.4. The summed E-state index contributed by atoms with van der Waals surface area (Å²) >= 11 is 0. The molecule has 0 bridgehead atoms. The number of hydrogen-bond donors (Lipinski definition) is 3. The summed E-state index contributed by atoms with van der Waals surface area (Å²) in [5.41, 5.74) is 7.29. The zero-order chi connectivity index (χ0) is 15.4. The maximum Gasteiger partial charge on any atom is 0.255 e. The fourth-order valence-corrected chi connectivity index (χ4v) is 1.95. The average Bonchev–Trinajstić information content (AvgIpc) is 2.50. The molecule has 0 aromatic heterocycles. The number of anilines is 1. The van der Waals surface area contributed by atoms with E-state index in [1.165, 1.54) is 12.1 Å². The number of hydrogen-bond acceptors (Lipinski definition) is 4. The highest BCUT2D eigenvalue weighted by atomic mass is 16.3. The maximum absolute atomic E-state index is 12.1. The van der Waals surface area contributed by atoms with E-state index in [1.54, 1.807) is 30.3 Å².